The summed E-state index contributed by atoms with van der Waals surface area (Å²) in [5.74, 6) is 1.14. The zero-order chi connectivity index (χ0) is 23.6. The number of ketones is 1. The van der Waals surface area contributed by atoms with E-state index in [4.69, 9.17) is 19.9 Å². The molecule has 1 heterocycles. The molecule has 0 fully saturated rings. The third-order valence-electron chi connectivity index (χ3n) is 5.91. The lowest BCUT2D eigenvalue weighted by atomic mass is 9.70. The zero-order valence-corrected chi connectivity index (χ0v) is 19.2. The summed E-state index contributed by atoms with van der Waals surface area (Å²) in [5.41, 5.74) is 8.44. The second-order valence-electron chi connectivity index (χ2n) is 9.12. The van der Waals surface area contributed by atoms with Crippen LogP contribution in [-0.2, 0) is 16.1 Å². The van der Waals surface area contributed by atoms with Gasteiger partial charge in [0.1, 0.15) is 24.0 Å². The minimum atomic E-state index is -0.593. The molecule has 2 aromatic carbocycles. The van der Waals surface area contributed by atoms with Crippen molar-refractivity contribution in [2.45, 2.75) is 46.1 Å². The standard InChI is InChI=1S/C27H28N2O4/c1-4-31-22-12-18(10-11-21(22)32-16-17-8-6-5-7-9-17)24-19(15-28)26(29)33-23-14-27(2,3)13-20(30)25(23)24/h5-12,24H,4,13-14,16,29H2,1-3H3. The second kappa shape index (κ2) is 9.03. The van der Waals surface area contributed by atoms with Gasteiger partial charge < -0.3 is 19.9 Å². The highest BCUT2D eigenvalue weighted by Gasteiger charge is 2.43. The predicted octanol–water partition coefficient (Wildman–Crippen LogP) is 5.12. The Labute approximate surface area is 194 Å². The molecule has 6 nitrogen and oxygen atoms in total. The van der Waals surface area contributed by atoms with E-state index in [9.17, 15) is 10.1 Å². The van der Waals surface area contributed by atoms with Gasteiger partial charge in [-0.25, -0.2) is 0 Å². The molecule has 0 saturated carbocycles. The number of carbonyl (C=O) groups excluding carboxylic acids is 1. The van der Waals surface area contributed by atoms with Crippen LogP contribution in [0.25, 0.3) is 0 Å². The quantitative estimate of drug-likeness (QED) is 0.665. The van der Waals surface area contributed by atoms with E-state index in [0.717, 1.165) is 11.1 Å². The highest BCUT2D eigenvalue weighted by atomic mass is 16.5. The Morgan fingerprint density at radius 1 is 1.12 bits per heavy atom. The Kier molecular flexibility index (Phi) is 6.15. The van der Waals surface area contributed by atoms with Crippen molar-refractivity contribution < 1.29 is 19.0 Å². The summed E-state index contributed by atoms with van der Waals surface area (Å²) in [5, 5.41) is 9.85. The van der Waals surface area contributed by atoms with Gasteiger partial charge in [0.05, 0.1) is 12.5 Å². The van der Waals surface area contributed by atoms with Crippen LogP contribution >= 0.6 is 0 Å². The fourth-order valence-corrected chi connectivity index (χ4v) is 4.45. The molecule has 6 heteroatoms. The molecule has 0 amide bonds. The summed E-state index contributed by atoms with van der Waals surface area (Å²) >= 11 is 0. The highest BCUT2D eigenvalue weighted by molar-refractivity contribution is 6.00. The molecule has 1 aliphatic carbocycles. The van der Waals surface area contributed by atoms with Crippen molar-refractivity contribution in [1.29, 1.82) is 5.26 Å². The fourth-order valence-electron chi connectivity index (χ4n) is 4.45. The number of nitriles is 1. The molecule has 2 N–H and O–H groups in total. The maximum absolute atomic E-state index is 13.2. The molecule has 170 valence electrons. The van der Waals surface area contributed by atoms with Crippen molar-refractivity contribution in [3.05, 3.63) is 82.4 Å². The van der Waals surface area contributed by atoms with E-state index in [-0.39, 0.29) is 22.7 Å². The third-order valence-corrected chi connectivity index (χ3v) is 5.91. The number of hydrogen-bond acceptors (Lipinski definition) is 6. The van der Waals surface area contributed by atoms with E-state index < -0.39 is 5.92 Å². The summed E-state index contributed by atoms with van der Waals surface area (Å²) in [6.07, 6.45) is 0.974. The summed E-state index contributed by atoms with van der Waals surface area (Å²) in [6, 6.07) is 17.6. The molecule has 2 aromatic rings. The molecule has 1 unspecified atom stereocenters. The molecule has 4 rings (SSSR count). The van der Waals surface area contributed by atoms with Gasteiger partial charge in [0.15, 0.2) is 17.3 Å². The average Bonchev–Trinajstić information content (AvgIpc) is 2.77. The molecule has 1 aliphatic heterocycles. The van der Waals surface area contributed by atoms with Gasteiger partial charge in [-0.05, 0) is 35.6 Å². The largest absolute Gasteiger partial charge is 0.490 e. The number of carbonyl (C=O) groups is 1. The molecule has 0 radical (unpaired) electrons. The molecule has 1 atom stereocenters. The SMILES string of the molecule is CCOc1cc(C2C(C#N)=C(N)OC3=C2C(=O)CC(C)(C)C3)ccc1OCc1ccccc1. The van der Waals surface area contributed by atoms with Gasteiger partial charge in [-0.2, -0.15) is 5.26 Å². The number of rotatable bonds is 6. The normalized spacial score (nSPS) is 19.5. The van der Waals surface area contributed by atoms with Crippen LogP contribution in [0, 0.1) is 16.7 Å². The van der Waals surface area contributed by atoms with E-state index in [1.165, 1.54) is 0 Å². The summed E-state index contributed by atoms with van der Waals surface area (Å²) in [4.78, 5) is 13.2. The molecule has 2 aliphatic rings. The summed E-state index contributed by atoms with van der Waals surface area (Å²) in [7, 11) is 0. The molecule has 0 bridgehead atoms. The van der Waals surface area contributed by atoms with E-state index >= 15 is 0 Å². The van der Waals surface area contributed by atoms with E-state index in [0.29, 0.717) is 48.9 Å². The van der Waals surface area contributed by atoms with Crippen molar-refractivity contribution >= 4 is 5.78 Å². The Morgan fingerprint density at radius 3 is 2.58 bits per heavy atom. The molecular formula is C27H28N2O4. The maximum Gasteiger partial charge on any atom is 0.205 e. The maximum atomic E-state index is 13.2. The number of nitrogens with two attached hydrogens (primary N) is 1. The van der Waals surface area contributed by atoms with Crippen LogP contribution in [0.1, 0.15) is 50.7 Å². The highest BCUT2D eigenvalue weighted by Crippen LogP contribution is 2.48. The van der Waals surface area contributed by atoms with Gasteiger partial charge in [-0.3, -0.25) is 4.79 Å². The minimum Gasteiger partial charge on any atom is -0.490 e. The first kappa shape index (κ1) is 22.5. The number of hydrogen-bond donors (Lipinski definition) is 1. The lowest BCUT2D eigenvalue weighted by Gasteiger charge is -2.37. The molecule has 0 saturated heterocycles. The molecular weight excluding hydrogens is 416 g/mol. The number of benzene rings is 2. The molecule has 0 aromatic heterocycles. The van der Waals surface area contributed by atoms with Crippen LogP contribution in [0.5, 0.6) is 11.5 Å². The van der Waals surface area contributed by atoms with Gasteiger partial charge in [0, 0.05) is 18.4 Å². The first-order valence-corrected chi connectivity index (χ1v) is 11.1. The Bertz CT molecular complexity index is 1170. The van der Waals surface area contributed by atoms with E-state index in [1.54, 1.807) is 0 Å². The zero-order valence-electron chi connectivity index (χ0n) is 19.2. The van der Waals surface area contributed by atoms with Gasteiger partial charge in [0.25, 0.3) is 0 Å². The van der Waals surface area contributed by atoms with Gasteiger partial charge in [-0.1, -0.05) is 50.2 Å². The van der Waals surface area contributed by atoms with Crippen LogP contribution in [-0.4, -0.2) is 12.4 Å². The Hall–Kier alpha value is -3.72. The van der Waals surface area contributed by atoms with Crippen LogP contribution in [0.3, 0.4) is 0 Å². The van der Waals surface area contributed by atoms with Crippen molar-refractivity contribution in [2.24, 2.45) is 11.1 Å². The van der Waals surface area contributed by atoms with Gasteiger partial charge in [-0.15, -0.1) is 0 Å². The fraction of sp³-hybridized carbons (Fsp3) is 0.333. The van der Waals surface area contributed by atoms with Gasteiger partial charge >= 0.3 is 0 Å². The van der Waals surface area contributed by atoms with Crippen molar-refractivity contribution in [3.63, 3.8) is 0 Å². The number of allylic oxidation sites excluding steroid dienone is 3. The number of Topliss-reactive ketones (excluding diaryl/α,β-unsaturated/α-hetero) is 1. The van der Waals surface area contributed by atoms with Crippen LogP contribution in [0.2, 0.25) is 0 Å². The smallest absolute Gasteiger partial charge is 0.205 e. The topological polar surface area (TPSA) is 94.6 Å². The predicted molar refractivity (Wildman–Crippen MR) is 124 cm³/mol. The lowest BCUT2D eigenvalue weighted by Crippen LogP contribution is -2.33. The Balaban J connectivity index is 1.73. The molecule has 0 spiro atoms. The van der Waals surface area contributed by atoms with E-state index in [1.807, 2.05) is 69.3 Å². The lowest BCUT2D eigenvalue weighted by molar-refractivity contribution is -0.119. The van der Waals surface area contributed by atoms with Crippen LogP contribution < -0.4 is 15.2 Å². The minimum absolute atomic E-state index is 0.0196. The van der Waals surface area contributed by atoms with Crippen LogP contribution in [0.15, 0.2) is 71.3 Å². The van der Waals surface area contributed by atoms with Crippen LogP contribution in [0.4, 0.5) is 0 Å². The van der Waals surface area contributed by atoms with Crippen molar-refractivity contribution in [3.8, 4) is 17.6 Å². The van der Waals surface area contributed by atoms with Crippen molar-refractivity contribution in [1.82, 2.24) is 0 Å². The Morgan fingerprint density at radius 2 is 1.88 bits per heavy atom. The second-order valence-corrected chi connectivity index (χ2v) is 9.12. The van der Waals surface area contributed by atoms with Crippen molar-refractivity contribution in [2.75, 3.05) is 6.61 Å². The van der Waals surface area contributed by atoms with E-state index in [2.05, 4.69) is 6.07 Å². The third kappa shape index (κ3) is 4.58. The first-order valence-electron chi connectivity index (χ1n) is 11.1. The average molecular weight is 445 g/mol. The number of nitrogens with zero attached hydrogens (tertiary/aromatic N) is 1. The number of ether oxygens (including phenoxy) is 3. The summed E-state index contributed by atoms with van der Waals surface area (Å²) < 4.78 is 17.7. The monoisotopic (exact) mass is 444 g/mol. The summed E-state index contributed by atoms with van der Waals surface area (Å²) in [6.45, 7) is 6.80. The first-order chi connectivity index (χ1) is 15.8. The molecule has 33 heavy (non-hydrogen) atoms. The van der Waals surface area contributed by atoms with Gasteiger partial charge in [0.2, 0.25) is 5.88 Å².